The van der Waals surface area contributed by atoms with Crippen LogP contribution in [0.25, 0.3) is 0 Å². The van der Waals surface area contributed by atoms with Crippen molar-refractivity contribution in [1.82, 2.24) is 0 Å². The molecule has 0 aliphatic heterocycles. The molecule has 0 amide bonds. The van der Waals surface area contributed by atoms with E-state index in [1.807, 2.05) is 0 Å². The summed E-state index contributed by atoms with van der Waals surface area (Å²) in [7, 11) is 0. The lowest BCUT2D eigenvalue weighted by atomic mass is 10.1. The van der Waals surface area contributed by atoms with Crippen LogP contribution in [-0.4, -0.2) is 34.3 Å². The van der Waals surface area contributed by atoms with Crippen LogP contribution < -0.4 is 5.73 Å². The van der Waals surface area contributed by atoms with Crippen LogP contribution in [0.4, 0.5) is 0 Å². The molecule has 1 unspecified atom stereocenters. The van der Waals surface area contributed by atoms with E-state index in [1.54, 1.807) is 0 Å². The number of nitrogens with two attached hydrogens (primary N) is 1. The van der Waals surface area contributed by atoms with Crippen LogP contribution in [0, 0.1) is 0 Å². The lowest BCUT2D eigenvalue weighted by molar-refractivity contribution is -0.0600. The molecule has 4 nitrogen and oxygen atoms in total. The summed E-state index contributed by atoms with van der Waals surface area (Å²) >= 11 is 0. The first-order valence-electron chi connectivity index (χ1n) is 3.41. The molecule has 4 heteroatoms. The van der Waals surface area contributed by atoms with E-state index in [9.17, 15) is 0 Å². The van der Waals surface area contributed by atoms with Crippen LogP contribution in [0.5, 0.6) is 0 Å². The zero-order valence-corrected chi connectivity index (χ0v) is 5.90. The highest BCUT2D eigenvalue weighted by molar-refractivity contribution is 4.61. The van der Waals surface area contributed by atoms with Crippen molar-refractivity contribution in [2.45, 2.75) is 31.6 Å². The first-order valence-corrected chi connectivity index (χ1v) is 3.41. The van der Waals surface area contributed by atoms with Crippen LogP contribution in [0.3, 0.4) is 0 Å². The van der Waals surface area contributed by atoms with Gasteiger partial charge in [-0.25, -0.2) is 0 Å². The second-order valence-electron chi connectivity index (χ2n) is 2.30. The molecule has 0 spiro atoms. The maximum atomic E-state index is 8.49. The maximum Gasteiger partial charge on any atom is 0.166 e. The Morgan fingerprint density at radius 2 is 1.80 bits per heavy atom. The van der Waals surface area contributed by atoms with E-state index in [4.69, 9.17) is 21.1 Å². The fourth-order valence-electron chi connectivity index (χ4n) is 0.641. The molecule has 1 atom stereocenters. The molecule has 0 saturated heterocycles. The molecular formula is C6H15NO3. The van der Waals surface area contributed by atoms with Gasteiger partial charge in [0.05, 0.1) is 6.04 Å². The smallest absolute Gasteiger partial charge is 0.166 e. The molecule has 0 rings (SSSR count). The van der Waals surface area contributed by atoms with E-state index in [0.29, 0.717) is 12.8 Å². The van der Waals surface area contributed by atoms with Crippen molar-refractivity contribution < 1.29 is 15.3 Å². The van der Waals surface area contributed by atoms with Gasteiger partial charge in [0.25, 0.3) is 0 Å². The van der Waals surface area contributed by atoms with Crippen molar-refractivity contribution in [3.05, 3.63) is 0 Å². The third-order valence-corrected chi connectivity index (χ3v) is 1.33. The highest BCUT2D eigenvalue weighted by Crippen LogP contribution is 2.00. The van der Waals surface area contributed by atoms with Gasteiger partial charge in [0, 0.05) is 6.61 Å². The average molecular weight is 149 g/mol. The SMILES string of the molecule is NC(CCCCO)C(O)O. The van der Waals surface area contributed by atoms with E-state index in [1.165, 1.54) is 0 Å². The van der Waals surface area contributed by atoms with Gasteiger partial charge in [-0.3, -0.25) is 0 Å². The first-order chi connectivity index (χ1) is 4.68. The van der Waals surface area contributed by atoms with Gasteiger partial charge in [-0.2, -0.15) is 0 Å². The molecule has 10 heavy (non-hydrogen) atoms. The lowest BCUT2D eigenvalue weighted by Crippen LogP contribution is -2.34. The first kappa shape index (κ1) is 9.84. The fraction of sp³-hybridized carbons (Fsp3) is 1.00. The second kappa shape index (κ2) is 5.61. The van der Waals surface area contributed by atoms with Gasteiger partial charge in [-0.1, -0.05) is 0 Å². The molecule has 0 bridgehead atoms. The van der Waals surface area contributed by atoms with Crippen molar-refractivity contribution in [2.24, 2.45) is 5.73 Å². The molecule has 0 aromatic heterocycles. The summed E-state index contributed by atoms with van der Waals surface area (Å²) < 4.78 is 0. The van der Waals surface area contributed by atoms with Crippen LogP contribution >= 0.6 is 0 Å². The van der Waals surface area contributed by atoms with Gasteiger partial charge in [-0.15, -0.1) is 0 Å². The maximum absolute atomic E-state index is 8.49. The summed E-state index contributed by atoms with van der Waals surface area (Å²) in [4.78, 5) is 0. The summed E-state index contributed by atoms with van der Waals surface area (Å²) in [6.07, 6.45) is 0.507. The number of hydrogen-bond donors (Lipinski definition) is 4. The van der Waals surface area contributed by atoms with Gasteiger partial charge >= 0.3 is 0 Å². The summed E-state index contributed by atoms with van der Waals surface area (Å²) in [5.41, 5.74) is 5.28. The second-order valence-corrected chi connectivity index (χ2v) is 2.30. The topological polar surface area (TPSA) is 86.7 Å². The number of aliphatic hydroxyl groups is 3. The van der Waals surface area contributed by atoms with Crippen LogP contribution in [-0.2, 0) is 0 Å². The van der Waals surface area contributed by atoms with E-state index >= 15 is 0 Å². The zero-order chi connectivity index (χ0) is 7.98. The Morgan fingerprint density at radius 3 is 2.20 bits per heavy atom. The molecule has 0 fully saturated rings. The largest absolute Gasteiger partial charge is 0.396 e. The molecular weight excluding hydrogens is 134 g/mol. The lowest BCUT2D eigenvalue weighted by Gasteiger charge is -2.12. The van der Waals surface area contributed by atoms with E-state index < -0.39 is 12.3 Å². The molecule has 0 radical (unpaired) electrons. The van der Waals surface area contributed by atoms with Crippen molar-refractivity contribution >= 4 is 0 Å². The van der Waals surface area contributed by atoms with Crippen molar-refractivity contribution in [2.75, 3.05) is 6.61 Å². The third-order valence-electron chi connectivity index (χ3n) is 1.33. The highest BCUT2D eigenvalue weighted by Gasteiger charge is 2.09. The normalized spacial score (nSPS) is 14.1. The number of rotatable bonds is 5. The van der Waals surface area contributed by atoms with Crippen molar-refractivity contribution in [1.29, 1.82) is 0 Å². The molecule has 62 valence electrons. The number of unbranched alkanes of at least 4 members (excludes halogenated alkanes) is 1. The Balaban J connectivity index is 3.13. The molecule has 0 aliphatic carbocycles. The molecule has 5 N–H and O–H groups in total. The molecule has 0 aromatic carbocycles. The summed E-state index contributed by atoms with van der Waals surface area (Å²) in [5, 5.41) is 25.3. The van der Waals surface area contributed by atoms with Crippen molar-refractivity contribution in [3.63, 3.8) is 0 Å². The molecule has 0 saturated carbocycles. The van der Waals surface area contributed by atoms with Gasteiger partial charge in [-0.05, 0) is 19.3 Å². The minimum absolute atomic E-state index is 0.133. The predicted molar refractivity (Wildman–Crippen MR) is 37.1 cm³/mol. The Bertz CT molecular complexity index is 77.4. The minimum atomic E-state index is -1.43. The summed E-state index contributed by atoms with van der Waals surface area (Å²) in [6.45, 7) is 0.133. The van der Waals surface area contributed by atoms with Crippen LogP contribution in [0.15, 0.2) is 0 Å². The zero-order valence-electron chi connectivity index (χ0n) is 5.90. The molecule has 0 aliphatic rings. The van der Waals surface area contributed by atoms with E-state index in [-0.39, 0.29) is 6.61 Å². The fourth-order valence-corrected chi connectivity index (χ4v) is 0.641. The number of hydrogen-bond acceptors (Lipinski definition) is 4. The average Bonchev–Trinajstić information content (AvgIpc) is 1.88. The third kappa shape index (κ3) is 4.69. The van der Waals surface area contributed by atoms with Gasteiger partial charge in [0.1, 0.15) is 0 Å². The minimum Gasteiger partial charge on any atom is -0.396 e. The molecule has 0 heterocycles. The summed E-state index contributed by atoms with van der Waals surface area (Å²) in [6, 6.07) is -0.577. The Hall–Kier alpha value is -0.160. The summed E-state index contributed by atoms with van der Waals surface area (Å²) in [5.74, 6) is 0. The highest BCUT2D eigenvalue weighted by atomic mass is 16.5. The van der Waals surface area contributed by atoms with Gasteiger partial charge < -0.3 is 21.1 Å². The Labute approximate surface area is 60.3 Å². The van der Waals surface area contributed by atoms with Crippen LogP contribution in [0.2, 0.25) is 0 Å². The van der Waals surface area contributed by atoms with Crippen molar-refractivity contribution in [3.8, 4) is 0 Å². The van der Waals surface area contributed by atoms with Crippen LogP contribution in [0.1, 0.15) is 19.3 Å². The standard InChI is InChI=1S/C6H15NO3/c7-5(6(9)10)3-1-2-4-8/h5-6,8-10H,1-4,7H2. The number of aliphatic hydroxyl groups excluding tert-OH is 2. The van der Waals surface area contributed by atoms with Gasteiger partial charge in [0.2, 0.25) is 0 Å². The predicted octanol–water partition coefficient (Wildman–Crippen LogP) is -1.21. The van der Waals surface area contributed by atoms with E-state index in [0.717, 1.165) is 6.42 Å². The van der Waals surface area contributed by atoms with E-state index in [2.05, 4.69) is 0 Å². The monoisotopic (exact) mass is 149 g/mol. The van der Waals surface area contributed by atoms with Gasteiger partial charge in [0.15, 0.2) is 6.29 Å². The Kier molecular flexibility index (Phi) is 5.52. The Morgan fingerprint density at radius 1 is 1.20 bits per heavy atom. The quantitative estimate of drug-likeness (QED) is 0.292. The molecule has 0 aromatic rings.